The van der Waals surface area contributed by atoms with Crippen molar-refractivity contribution >= 4 is 60.4 Å². The Bertz CT molecular complexity index is 662. The smallest absolute Gasteiger partial charge is 0.135 e. The van der Waals surface area contributed by atoms with Crippen LogP contribution in [0, 0.1) is 0 Å². The molecule has 0 aliphatic heterocycles. The zero-order valence-corrected chi connectivity index (χ0v) is 14.6. The molecule has 0 aliphatic carbocycles. The predicted octanol–water partition coefficient (Wildman–Crippen LogP) is 4.60. The summed E-state index contributed by atoms with van der Waals surface area (Å²) in [5.74, 6) is 0.752. The van der Waals surface area contributed by atoms with Gasteiger partial charge in [-0.2, -0.15) is 0 Å². The Morgan fingerprint density at radius 1 is 1.20 bits per heavy atom. The first-order valence-electron chi connectivity index (χ1n) is 5.72. The van der Waals surface area contributed by atoms with Gasteiger partial charge in [0.25, 0.3) is 0 Å². The van der Waals surface area contributed by atoms with Gasteiger partial charge in [-0.05, 0) is 56.1 Å². The van der Waals surface area contributed by atoms with Crippen LogP contribution in [-0.2, 0) is 0 Å². The fraction of sp³-hybridized carbons (Fsp3) is 0.0714. The van der Waals surface area contributed by atoms with Gasteiger partial charge in [0.1, 0.15) is 10.7 Å². The molecule has 0 amide bonds. The lowest BCUT2D eigenvalue weighted by Crippen LogP contribution is -2.12. The molecule has 0 fully saturated rings. The molecule has 104 valence electrons. The SMILES string of the molecule is COc1cc(Nc2cccc(Br)c2C(N)=S)ccc1Br. The molecule has 20 heavy (non-hydrogen) atoms. The summed E-state index contributed by atoms with van der Waals surface area (Å²) in [5.41, 5.74) is 8.29. The minimum atomic E-state index is 0.337. The van der Waals surface area contributed by atoms with E-state index in [2.05, 4.69) is 37.2 Å². The molecule has 2 aromatic carbocycles. The van der Waals surface area contributed by atoms with Crippen LogP contribution in [0.3, 0.4) is 0 Å². The normalized spacial score (nSPS) is 10.2. The van der Waals surface area contributed by atoms with Gasteiger partial charge in [0.05, 0.1) is 11.6 Å². The third-order valence-corrected chi connectivity index (χ3v) is 4.21. The largest absolute Gasteiger partial charge is 0.495 e. The third kappa shape index (κ3) is 3.31. The fourth-order valence-corrected chi connectivity index (χ4v) is 3.11. The molecule has 0 radical (unpaired) electrons. The summed E-state index contributed by atoms with van der Waals surface area (Å²) in [6.07, 6.45) is 0. The van der Waals surface area contributed by atoms with Crippen LogP contribution < -0.4 is 15.8 Å². The van der Waals surface area contributed by atoms with Gasteiger partial charge in [0.2, 0.25) is 0 Å². The highest BCUT2D eigenvalue weighted by Crippen LogP contribution is 2.32. The molecule has 3 nitrogen and oxygen atoms in total. The summed E-state index contributed by atoms with van der Waals surface area (Å²) >= 11 is 12.0. The Kier molecular flexibility index (Phi) is 5.01. The number of hydrogen-bond donors (Lipinski definition) is 2. The van der Waals surface area contributed by atoms with Crippen molar-refractivity contribution in [1.82, 2.24) is 0 Å². The quantitative estimate of drug-likeness (QED) is 0.716. The van der Waals surface area contributed by atoms with E-state index in [-0.39, 0.29) is 0 Å². The summed E-state index contributed by atoms with van der Waals surface area (Å²) < 4.78 is 7.04. The number of anilines is 2. The van der Waals surface area contributed by atoms with E-state index in [0.29, 0.717) is 4.99 Å². The molecule has 0 heterocycles. The Morgan fingerprint density at radius 3 is 2.60 bits per heavy atom. The van der Waals surface area contributed by atoms with Crippen LogP contribution in [-0.4, -0.2) is 12.1 Å². The lowest BCUT2D eigenvalue weighted by molar-refractivity contribution is 0.412. The van der Waals surface area contributed by atoms with Crippen LogP contribution in [0.15, 0.2) is 45.3 Å². The van der Waals surface area contributed by atoms with Crippen molar-refractivity contribution in [2.24, 2.45) is 5.73 Å². The van der Waals surface area contributed by atoms with Crippen molar-refractivity contribution < 1.29 is 4.74 Å². The average molecular weight is 416 g/mol. The molecular weight excluding hydrogens is 404 g/mol. The first-order chi connectivity index (χ1) is 9.52. The number of hydrogen-bond acceptors (Lipinski definition) is 3. The Hall–Kier alpha value is -1.11. The van der Waals surface area contributed by atoms with Gasteiger partial charge >= 0.3 is 0 Å². The van der Waals surface area contributed by atoms with Crippen LogP contribution in [0.4, 0.5) is 11.4 Å². The standard InChI is InChI=1S/C14H12Br2N2OS/c1-19-12-7-8(5-6-9(12)15)18-11-4-2-3-10(16)13(11)14(17)20/h2-7,18H,1H3,(H2,17,20). The number of nitrogens with one attached hydrogen (secondary N) is 1. The number of benzene rings is 2. The number of nitrogens with two attached hydrogens (primary N) is 1. The Balaban J connectivity index is 2.40. The zero-order chi connectivity index (χ0) is 14.7. The molecule has 6 heteroatoms. The third-order valence-electron chi connectivity index (χ3n) is 2.69. The van der Waals surface area contributed by atoms with Crippen molar-refractivity contribution in [3.63, 3.8) is 0 Å². The molecule has 0 spiro atoms. The van der Waals surface area contributed by atoms with E-state index in [4.69, 9.17) is 22.7 Å². The lowest BCUT2D eigenvalue weighted by Gasteiger charge is -2.14. The van der Waals surface area contributed by atoms with Gasteiger partial charge in [-0.25, -0.2) is 0 Å². The maximum atomic E-state index is 5.78. The van der Waals surface area contributed by atoms with Gasteiger partial charge in [-0.1, -0.05) is 18.3 Å². The van der Waals surface area contributed by atoms with Crippen molar-refractivity contribution in [1.29, 1.82) is 0 Å². The molecule has 3 N–H and O–H groups in total. The summed E-state index contributed by atoms with van der Waals surface area (Å²) in [5, 5.41) is 3.30. The fourth-order valence-electron chi connectivity index (χ4n) is 1.77. The van der Waals surface area contributed by atoms with E-state index in [9.17, 15) is 0 Å². The van der Waals surface area contributed by atoms with Crippen LogP contribution in [0.25, 0.3) is 0 Å². The van der Waals surface area contributed by atoms with Crippen molar-refractivity contribution in [2.45, 2.75) is 0 Å². The van der Waals surface area contributed by atoms with Crippen LogP contribution in [0.5, 0.6) is 5.75 Å². The van der Waals surface area contributed by atoms with E-state index in [1.807, 2.05) is 36.4 Å². The molecule has 0 atom stereocenters. The first kappa shape index (κ1) is 15.3. The molecule has 0 aliphatic rings. The molecule has 0 aromatic heterocycles. The number of methoxy groups -OCH3 is 1. The highest BCUT2D eigenvalue weighted by atomic mass is 79.9. The average Bonchev–Trinajstić information content (AvgIpc) is 2.40. The van der Waals surface area contributed by atoms with E-state index < -0.39 is 0 Å². The monoisotopic (exact) mass is 414 g/mol. The summed E-state index contributed by atoms with van der Waals surface area (Å²) in [4.78, 5) is 0.337. The van der Waals surface area contributed by atoms with Gasteiger partial charge in [-0.3, -0.25) is 0 Å². The van der Waals surface area contributed by atoms with E-state index >= 15 is 0 Å². The predicted molar refractivity (Wildman–Crippen MR) is 94.0 cm³/mol. The van der Waals surface area contributed by atoms with Gasteiger partial charge in [0, 0.05) is 27.5 Å². The topological polar surface area (TPSA) is 47.3 Å². The van der Waals surface area contributed by atoms with Crippen molar-refractivity contribution in [3.8, 4) is 5.75 Å². The first-order valence-corrected chi connectivity index (χ1v) is 7.71. The number of thiocarbonyl (C=S) groups is 1. The van der Waals surface area contributed by atoms with Crippen LogP contribution >= 0.6 is 44.1 Å². The van der Waals surface area contributed by atoms with Crippen LogP contribution in [0.2, 0.25) is 0 Å². The summed E-state index contributed by atoms with van der Waals surface area (Å²) in [7, 11) is 1.63. The molecular formula is C14H12Br2N2OS. The highest BCUT2D eigenvalue weighted by molar-refractivity contribution is 9.10. The number of ether oxygens (including phenoxy) is 1. The van der Waals surface area contributed by atoms with Crippen molar-refractivity contribution in [3.05, 3.63) is 50.9 Å². The second kappa shape index (κ2) is 6.56. The van der Waals surface area contributed by atoms with Gasteiger partial charge < -0.3 is 15.8 Å². The van der Waals surface area contributed by atoms with Gasteiger partial charge in [-0.15, -0.1) is 0 Å². The van der Waals surface area contributed by atoms with Crippen molar-refractivity contribution in [2.75, 3.05) is 12.4 Å². The van der Waals surface area contributed by atoms with E-state index in [1.165, 1.54) is 0 Å². The summed E-state index contributed by atoms with van der Waals surface area (Å²) in [6, 6.07) is 11.5. The maximum Gasteiger partial charge on any atom is 0.135 e. The molecule has 0 saturated carbocycles. The molecule has 2 rings (SSSR count). The Labute approximate surface area is 139 Å². The number of rotatable bonds is 4. The minimum absolute atomic E-state index is 0.337. The molecule has 0 unspecified atom stereocenters. The van der Waals surface area contributed by atoms with Crippen LogP contribution in [0.1, 0.15) is 5.56 Å². The highest BCUT2D eigenvalue weighted by Gasteiger charge is 2.10. The van der Waals surface area contributed by atoms with E-state index in [1.54, 1.807) is 7.11 Å². The van der Waals surface area contributed by atoms with Gasteiger partial charge in [0.15, 0.2) is 0 Å². The minimum Gasteiger partial charge on any atom is -0.495 e. The van der Waals surface area contributed by atoms with E-state index in [0.717, 1.165) is 31.6 Å². The molecule has 0 saturated heterocycles. The summed E-state index contributed by atoms with van der Waals surface area (Å²) in [6.45, 7) is 0. The number of halogens is 2. The molecule has 2 aromatic rings. The maximum absolute atomic E-state index is 5.78. The molecule has 0 bridgehead atoms. The Morgan fingerprint density at radius 2 is 1.95 bits per heavy atom. The second-order valence-electron chi connectivity index (χ2n) is 4.00. The second-order valence-corrected chi connectivity index (χ2v) is 6.15. The zero-order valence-electron chi connectivity index (χ0n) is 10.6. The lowest BCUT2D eigenvalue weighted by atomic mass is 10.1.